The van der Waals surface area contributed by atoms with Crippen LogP contribution < -0.4 is 20.9 Å². The molecule has 2 atom stereocenters. The number of rotatable bonds is 4. The molecule has 3 N–H and O–H groups in total. The van der Waals surface area contributed by atoms with E-state index in [-0.39, 0.29) is 6.03 Å². The summed E-state index contributed by atoms with van der Waals surface area (Å²) in [5.41, 5.74) is 4.53. The number of anilines is 3. The van der Waals surface area contributed by atoms with E-state index in [0.717, 1.165) is 56.2 Å². The van der Waals surface area contributed by atoms with Crippen LogP contribution in [0, 0.1) is 0 Å². The molecule has 0 spiro atoms. The van der Waals surface area contributed by atoms with Gasteiger partial charge in [0, 0.05) is 36.1 Å². The van der Waals surface area contributed by atoms with Gasteiger partial charge in [-0.1, -0.05) is 0 Å². The standard InChI is InChI=1S/C24H25N7O2/c32-24(28-17-2-1-9-25-10-17)27-16-5-3-15(4-6-16)22-29-21-12-26-11-20(21)23(30-22)31-18-7-8-19(31)14-33-13-18/h1-6,9-10,18-19,26H,7-8,11-14H2,(H2,27,28,32). The number of carbonyl (C=O) groups excluding carboxylic acids is 1. The van der Waals surface area contributed by atoms with Crippen molar-refractivity contribution in [3.63, 3.8) is 0 Å². The molecular weight excluding hydrogens is 418 g/mol. The van der Waals surface area contributed by atoms with Crippen LogP contribution in [0.1, 0.15) is 24.1 Å². The summed E-state index contributed by atoms with van der Waals surface area (Å²) < 4.78 is 5.78. The van der Waals surface area contributed by atoms with Crippen molar-refractivity contribution in [1.29, 1.82) is 0 Å². The highest BCUT2D eigenvalue weighted by atomic mass is 16.5. The number of carbonyl (C=O) groups is 1. The van der Waals surface area contributed by atoms with Gasteiger partial charge in [-0.15, -0.1) is 0 Å². The van der Waals surface area contributed by atoms with Crippen molar-refractivity contribution in [3.8, 4) is 11.4 Å². The predicted molar refractivity (Wildman–Crippen MR) is 125 cm³/mol. The van der Waals surface area contributed by atoms with E-state index in [0.29, 0.717) is 29.3 Å². The van der Waals surface area contributed by atoms with Gasteiger partial charge in [-0.05, 0) is 49.2 Å². The summed E-state index contributed by atoms with van der Waals surface area (Å²) in [6, 6.07) is 11.6. The van der Waals surface area contributed by atoms with E-state index in [1.807, 2.05) is 24.3 Å². The number of nitrogens with one attached hydrogen (secondary N) is 3. The molecule has 9 heteroatoms. The number of nitrogens with zero attached hydrogens (tertiary/aromatic N) is 4. The van der Waals surface area contributed by atoms with Crippen LogP contribution in [-0.2, 0) is 17.8 Å². The first-order valence-corrected chi connectivity index (χ1v) is 11.3. The fourth-order valence-electron chi connectivity index (χ4n) is 4.90. The van der Waals surface area contributed by atoms with Gasteiger partial charge in [0.05, 0.1) is 42.9 Å². The summed E-state index contributed by atoms with van der Waals surface area (Å²) in [6.45, 7) is 3.08. The number of fused-ring (bicyclic) bond motifs is 3. The quantitative estimate of drug-likeness (QED) is 0.569. The topological polar surface area (TPSA) is 104 Å². The maximum atomic E-state index is 12.3. The Morgan fingerprint density at radius 1 is 1.00 bits per heavy atom. The van der Waals surface area contributed by atoms with Gasteiger partial charge in [0.15, 0.2) is 5.82 Å². The maximum Gasteiger partial charge on any atom is 0.323 e. The molecule has 0 aliphatic carbocycles. The minimum absolute atomic E-state index is 0.319. The Morgan fingerprint density at radius 3 is 2.55 bits per heavy atom. The van der Waals surface area contributed by atoms with E-state index < -0.39 is 0 Å². The van der Waals surface area contributed by atoms with Crippen molar-refractivity contribution in [1.82, 2.24) is 20.3 Å². The van der Waals surface area contributed by atoms with Crippen molar-refractivity contribution < 1.29 is 9.53 Å². The SMILES string of the molecule is O=C(Nc1ccc(-c2nc3c(c(N4C5CCC4COC5)n2)CNC3)cc1)Nc1cccnc1. The average molecular weight is 444 g/mol. The Bertz CT molecular complexity index is 1150. The highest BCUT2D eigenvalue weighted by Crippen LogP contribution is 2.37. The molecule has 2 saturated heterocycles. The van der Waals surface area contributed by atoms with Crippen molar-refractivity contribution in [2.24, 2.45) is 0 Å². The van der Waals surface area contributed by atoms with Crippen LogP contribution in [-0.4, -0.2) is 46.3 Å². The fraction of sp³-hybridized carbons (Fsp3) is 0.333. The van der Waals surface area contributed by atoms with Crippen LogP contribution >= 0.6 is 0 Å². The molecule has 3 aromatic rings. The van der Waals surface area contributed by atoms with Crippen molar-refractivity contribution >= 4 is 23.2 Å². The largest absolute Gasteiger partial charge is 0.377 e. The number of ether oxygens (including phenoxy) is 1. The molecule has 2 bridgehead atoms. The first kappa shape index (κ1) is 20.1. The molecule has 2 aromatic heterocycles. The number of benzene rings is 1. The van der Waals surface area contributed by atoms with Crippen LogP contribution in [0.2, 0.25) is 0 Å². The predicted octanol–water partition coefficient (Wildman–Crippen LogP) is 3.15. The zero-order valence-corrected chi connectivity index (χ0v) is 18.1. The van der Waals surface area contributed by atoms with Gasteiger partial charge in [-0.2, -0.15) is 0 Å². The third-order valence-corrected chi connectivity index (χ3v) is 6.47. The van der Waals surface area contributed by atoms with Crippen molar-refractivity contribution in [2.75, 3.05) is 28.7 Å². The molecule has 2 fully saturated rings. The third kappa shape index (κ3) is 3.90. The summed E-state index contributed by atoms with van der Waals surface area (Å²) in [5, 5.41) is 9.03. The average Bonchev–Trinajstić information content (AvgIpc) is 3.41. The minimum Gasteiger partial charge on any atom is -0.377 e. The molecule has 5 heterocycles. The summed E-state index contributed by atoms with van der Waals surface area (Å²) >= 11 is 0. The van der Waals surface area contributed by atoms with Crippen molar-refractivity contribution in [3.05, 3.63) is 60.0 Å². The van der Waals surface area contributed by atoms with Gasteiger partial charge in [0.25, 0.3) is 0 Å². The molecule has 2 unspecified atom stereocenters. The molecule has 0 radical (unpaired) electrons. The molecule has 1 aromatic carbocycles. The lowest BCUT2D eigenvalue weighted by molar-refractivity contribution is 0.0901. The number of hydrogen-bond donors (Lipinski definition) is 3. The normalized spacial score (nSPS) is 21.0. The van der Waals surface area contributed by atoms with Gasteiger partial charge >= 0.3 is 6.03 Å². The lowest BCUT2D eigenvalue weighted by Gasteiger charge is -2.36. The number of aromatic nitrogens is 3. The first-order chi connectivity index (χ1) is 16.2. The van der Waals surface area contributed by atoms with E-state index in [9.17, 15) is 4.79 Å². The number of hydrogen-bond acceptors (Lipinski definition) is 7. The van der Waals surface area contributed by atoms with Gasteiger partial charge in [-0.25, -0.2) is 14.8 Å². The zero-order valence-electron chi connectivity index (χ0n) is 18.1. The number of urea groups is 1. The number of amides is 2. The Labute approximate surface area is 191 Å². The van der Waals surface area contributed by atoms with E-state index >= 15 is 0 Å². The van der Waals surface area contributed by atoms with Crippen LogP contribution in [0.15, 0.2) is 48.8 Å². The van der Waals surface area contributed by atoms with Crippen LogP contribution in [0.25, 0.3) is 11.4 Å². The van der Waals surface area contributed by atoms with Crippen LogP contribution in [0.4, 0.5) is 22.0 Å². The lowest BCUT2D eigenvalue weighted by Crippen LogP contribution is -2.47. The summed E-state index contributed by atoms with van der Waals surface area (Å²) in [6.07, 6.45) is 5.55. The van der Waals surface area contributed by atoms with E-state index in [2.05, 4.69) is 25.8 Å². The monoisotopic (exact) mass is 443 g/mol. The third-order valence-electron chi connectivity index (χ3n) is 6.47. The Balaban J connectivity index is 1.24. The smallest absolute Gasteiger partial charge is 0.323 e. The molecule has 3 aliphatic heterocycles. The highest BCUT2D eigenvalue weighted by molar-refractivity contribution is 5.99. The Kier molecular flexibility index (Phi) is 5.12. The van der Waals surface area contributed by atoms with Gasteiger partial charge < -0.3 is 25.6 Å². The second-order valence-corrected chi connectivity index (χ2v) is 8.63. The first-order valence-electron chi connectivity index (χ1n) is 11.3. The maximum absolute atomic E-state index is 12.3. The van der Waals surface area contributed by atoms with Crippen LogP contribution in [0.3, 0.4) is 0 Å². The Hall–Kier alpha value is -3.56. The fourth-order valence-corrected chi connectivity index (χ4v) is 4.90. The zero-order chi connectivity index (χ0) is 22.2. The molecule has 2 amide bonds. The molecule has 3 aliphatic rings. The lowest BCUT2D eigenvalue weighted by atomic mass is 10.1. The van der Waals surface area contributed by atoms with Crippen LogP contribution in [0.5, 0.6) is 0 Å². The van der Waals surface area contributed by atoms with Crippen molar-refractivity contribution in [2.45, 2.75) is 38.0 Å². The molecule has 168 valence electrons. The van der Waals surface area contributed by atoms with E-state index in [4.69, 9.17) is 14.7 Å². The molecule has 6 rings (SSSR count). The molecule has 0 saturated carbocycles. The van der Waals surface area contributed by atoms with Gasteiger partial charge in [-0.3, -0.25) is 4.98 Å². The van der Waals surface area contributed by atoms with Gasteiger partial charge in [0.2, 0.25) is 0 Å². The molecular formula is C24H25N7O2. The second kappa shape index (κ2) is 8.42. The van der Waals surface area contributed by atoms with E-state index in [1.165, 1.54) is 5.56 Å². The second-order valence-electron chi connectivity index (χ2n) is 8.63. The Morgan fingerprint density at radius 2 is 1.79 bits per heavy atom. The molecule has 33 heavy (non-hydrogen) atoms. The van der Waals surface area contributed by atoms with E-state index in [1.54, 1.807) is 24.5 Å². The molecule has 9 nitrogen and oxygen atoms in total. The van der Waals surface area contributed by atoms with Gasteiger partial charge in [0.1, 0.15) is 5.82 Å². The highest BCUT2D eigenvalue weighted by Gasteiger charge is 2.40. The summed E-state index contributed by atoms with van der Waals surface area (Å²) in [4.78, 5) is 28.6. The number of pyridine rings is 1. The minimum atomic E-state index is -0.319. The summed E-state index contributed by atoms with van der Waals surface area (Å²) in [5.74, 6) is 1.76. The number of morpholine rings is 1. The summed E-state index contributed by atoms with van der Waals surface area (Å²) in [7, 11) is 0.